The lowest BCUT2D eigenvalue weighted by molar-refractivity contribution is -0.143. The van der Waals surface area contributed by atoms with Gasteiger partial charge in [-0.25, -0.2) is 0 Å². The molecule has 6 heteroatoms. The average Bonchev–Trinajstić information content (AvgIpc) is 2.46. The second-order valence-electron chi connectivity index (χ2n) is 3.83. The Hall–Kier alpha value is -2.55. The SMILES string of the molecule is CCOC(=O)CCNC(=O)COc1ccc(C#N)cc1. The fourth-order valence-electron chi connectivity index (χ4n) is 1.36. The summed E-state index contributed by atoms with van der Waals surface area (Å²) in [7, 11) is 0. The van der Waals surface area contributed by atoms with Crippen LogP contribution in [0.4, 0.5) is 0 Å². The molecule has 0 radical (unpaired) electrons. The fraction of sp³-hybridized carbons (Fsp3) is 0.357. The summed E-state index contributed by atoms with van der Waals surface area (Å²) in [5.74, 6) is -0.163. The van der Waals surface area contributed by atoms with Crippen LogP contribution in [0.5, 0.6) is 5.75 Å². The minimum Gasteiger partial charge on any atom is -0.484 e. The molecule has 0 saturated heterocycles. The third kappa shape index (κ3) is 5.87. The zero-order valence-corrected chi connectivity index (χ0v) is 11.2. The Kier molecular flexibility index (Phi) is 6.62. The quantitative estimate of drug-likeness (QED) is 0.751. The lowest BCUT2D eigenvalue weighted by Gasteiger charge is -2.07. The van der Waals surface area contributed by atoms with Crippen molar-refractivity contribution in [2.24, 2.45) is 0 Å². The number of carbonyl (C=O) groups is 2. The molecule has 0 spiro atoms. The summed E-state index contributed by atoms with van der Waals surface area (Å²) < 4.78 is 9.96. The van der Waals surface area contributed by atoms with Gasteiger partial charge in [0.1, 0.15) is 5.75 Å². The lowest BCUT2D eigenvalue weighted by Crippen LogP contribution is -2.31. The van der Waals surface area contributed by atoms with Crippen molar-refractivity contribution in [2.75, 3.05) is 19.8 Å². The number of nitrogens with zero attached hydrogens (tertiary/aromatic N) is 1. The third-order valence-electron chi connectivity index (χ3n) is 2.31. The Morgan fingerprint density at radius 2 is 2.00 bits per heavy atom. The van der Waals surface area contributed by atoms with Gasteiger partial charge < -0.3 is 14.8 Å². The maximum atomic E-state index is 11.4. The highest BCUT2D eigenvalue weighted by Crippen LogP contribution is 2.11. The van der Waals surface area contributed by atoms with Crippen LogP contribution < -0.4 is 10.1 Å². The average molecular weight is 276 g/mol. The van der Waals surface area contributed by atoms with Crippen LogP contribution in [0.25, 0.3) is 0 Å². The Morgan fingerprint density at radius 3 is 2.60 bits per heavy atom. The Bertz CT molecular complexity index is 491. The number of rotatable bonds is 7. The number of nitrogens with one attached hydrogen (secondary N) is 1. The molecular formula is C14H16N2O4. The van der Waals surface area contributed by atoms with Crippen LogP contribution in [-0.2, 0) is 14.3 Å². The van der Waals surface area contributed by atoms with E-state index in [9.17, 15) is 9.59 Å². The number of ether oxygens (including phenoxy) is 2. The molecule has 1 N–H and O–H groups in total. The van der Waals surface area contributed by atoms with Crippen molar-refractivity contribution in [3.8, 4) is 11.8 Å². The van der Waals surface area contributed by atoms with Crippen molar-refractivity contribution in [1.29, 1.82) is 5.26 Å². The molecule has 0 aliphatic heterocycles. The number of nitriles is 1. The van der Waals surface area contributed by atoms with Crippen LogP contribution in [-0.4, -0.2) is 31.6 Å². The normalized spacial score (nSPS) is 9.40. The van der Waals surface area contributed by atoms with Crippen molar-refractivity contribution in [3.63, 3.8) is 0 Å². The molecule has 1 rings (SSSR count). The van der Waals surface area contributed by atoms with Crippen LogP contribution in [0.3, 0.4) is 0 Å². The summed E-state index contributed by atoms with van der Waals surface area (Å²) in [4.78, 5) is 22.5. The van der Waals surface area contributed by atoms with E-state index in [0.29, 0.717) is 17.9 Å². The van der Waals surface area contributed by atoms with Crippen molar-refractivity contribution < 1.29 is 19.1 Å². The molecule has 0 fully saturated rings. The molecule has 0 aliphatic rings. The number of carbonyl (C=O) groups excluding carboxylic acids is 2. The van der Waals surface area contributed by atoms with E-state index in [-0.39, 0.29) is 31.4 Å². The number of hydrogen-bond donors (Lipinski definition) is 1. The highest BCUT2D eigenvalue weighted by molar-refractivity contribution is 5.78. The molecule has 106 valence electrons. The van der Waals surface area contributed by atoms with Crippen LogP contribution in [0.15, 0.2) is 24.3 Å². The Labute approximate surface area is 117 Å². The van der Waals surface area contributed by atoms with Gasteiger partial charge in [0.15, 0.2) is 6.61 Å². The zero-order valence-electron chi connectivity index (χ0n) is 11.2. The molecule has 0 saturated carbocycles. The lowest BCUT2D eigenvalue weighted by atomic mass is 10.2. The minimum atomic E-state index is -0.346. The highest BCUT2D eigenvalue weighted by atomic mass is 16.5. The molecule has 20 heavy (non-hydrogen) atoms. The molecule has 0 bridgehead atoms. The van der Waals surface area contributed by atoms with Gasteiger partial charge >= 0.3 is 5.97 Å². The van der Waals surface area contributed by atoms with Gasteiger partial charge in [-0.15, -0.1) is 0 Å². The molecule has 0 heterocycles. The van der Waals surface area contributed by atoms with Crippen molar-refractivity contribution in [1.82, 2.24) is 5.32 Å². The van der Waals surface area contributed by atoms with Gasteiger partial charge in [0.2, 0.25) is 0 Å². The summed E-state index contributed by atoms with van der Waals surface area (Å²) in [5.41, 5.74) is 0.524. The fourth-order valence-corrected chi connectivity index (χ4v) is 1.36. The second-order valence-corrected chi connectivity index (χ2v) is 3.83. The molecule has 1 aromatic carbocycles. The smallest absolute Gasteiger partial charge is 0.307 e. The molecule has 0 unspecified atom stereocenters. The zero-order chi connectivity index (χ0) is 14.8. The molecule has 0 atom stereocenters. The number of esters is 1. The van der Waals surface area contributed by atoms with Crippen molar-refractivity contribution >= 4 is 11.9 Å². The Morgan fingerprint density at radius 1 is 1.30 bits per heavy atom. The van der Waals surface area contributed by atoms with Crippen molar-refractivity contribution in [3.05, 3.63) is 29.8 Å². The number of amides is 1. The van der Waals surface area contributed by atoms with E-state index in [0.717, 1.165) is 0 Å². The van der Waals surface area contributed by atoms with Gasteiger partial charge in [0.05, 0.1) is 24.7 Å². The minimum absolute atomic E-state index is 0.135. The first-order valence-electron chi connectivity index (χ1n) is 6.21. The van der Waals surface area contributed by atoms with E-state index in [2.05, 4.69) is 5.32 Å². The largest absolute Gasteiger partial charge is 0.484 e. The molecule has 0 aromatic heterocycles. The monoisotopic (exact) mass is 276 g/mol. The standard InChI is InChI=1S/C14H16N2O4/c1-2-19-14(18)7-8-16-13(17)10-20-12-5-3-11(9-15)4-6-12/h3-6H,2,7-8,10H2,1H3,(H,16,17). The van der Waals surface area contributed by atoms with E-state index in [1.54, 1.807) is 31.2 Å². The van der Waals surface area contributed by atoms with E-state index < -0.39 is 0 Å². The van der Waals surface area contributed by atoms with Crippen LogP contribution in [0, 0.1) is 11.3 Å². The number of benzene rings is 1. The summed E-state index contributed by atoms with van der Waals surface area (Å²) in [6.07, 6.45) is 0.135. The van der Waals surface area contributed by atoms with Gasteiger partial charge in [-0.2, -0.15) is 5.26 Å². The van der Waals surface area contributed by atoms with Gasteiger partial charge in [0.25, 0.3) is 5.91 Å². The van der Waals surface area contributed by atoms with Crippen LogP contribution in [0.2, 0.25) is 0 Å². The van der Waals surface area contributed by atoms with Gasteiger partial charge in [-0.3, -0.25) is 9.59 Å². The second kappa shape index (κ2) is 8.53. The third-order valence-corrected chi connectivity index (χ3v) is 2.31. The molecule has 1 amide bonds. The van der Waals surface area contributed by atoms with E-state index >= 15 is 0 Å². The topological polar surface area (TPSA) is 88.4 Å². The highest BCUT2D eigenvalue weighted by Gasteiger charge is 2.05. The van der Waals surface area contributed by atoms with Crippen LogP contribution in [0.1, 0.15) is 18.9 Å². The van der Waals surface area contributed by atoms with Gasteiger partial charge in [0, 0.05) is 6.54 Å². The van der Waals surface area contributed by atoms with E-state index in [4.69, 9.17) is 14.7 Å². The van der Waals surface area contributed by atoms with Gasteiger partial charge in [-0.05, 0) is 31.2 Å². The van der Waals surface area contributed by atoms with E-state index in [1.807, 2.05) is 6.07 Å². The first kappa shape index (κ1) is 15.5. The van der Waals surface area contributed by atoms with Gasteiger partial charge in [-0.1, -0.05) is 0 Å². The molecular weight excluding hydrogens is 260 g/mol. The summed E-state index contributed by atoms with van der Waals surface area (Å²) in [5, 5.41) is 11.2. The number of hydrogen-bond acceptors (Lipinski definition) is 5. The summed E-state index contributed by atoms with van der Waals surface area (Å²) in [6.45, 7) is 2.12. The predicted octanol–water partition coefficient (Wildman–Crippen LogP) is 1.01. The van der Waals surface area contributed by atoms with Crippen LogP contribution >= 0.6 is 0 Å². The first-order chi connectivity index (χ1) is 9.65. The van der Waals surface area contributed by atoms with E-state index in [1.165, 1.54) is 0 Å². The Balaban J connectivity index is 2.22. The summed E-state index contributed by atoms with van der Waals surface area (Å²) >= 11 is 0. The predicted molar refractivity (Wildman–Crippen MR) is 70.9 cm³/mol. The molecule has 1 aromatic rings. The maximum absolute atomic E-state index is 11.4. The first-order valence-corrected chi connectivity index (χ1v) is 6.21. The summed E-state index contributed by atoms with van der Waals surface area (Å²) in [6, 6.07) is 8.43. The maximum Gasteiger partial charge on any atom is 0.307 e. The molecule has 6 nitrogen and oxygen atoms in total. The molecule has 0 aliphatic carbocycles. The van der Waals surface area contributed by atoms with Crippen molar-refractivity contribution in [2.45, 2.75) is 13.3 Å².